The van der Waals surface area contributed by atoms with E-state index in [0.29, 0.717) is 17.4 Å². The lowest BCUT2D eigenvalue weighted by Crippen LogP contribution is -2.26. The Kier molecular flexibility index (Phi) is 4.89. The van der Waals surface area contributed by atoms with Gasteiger partial charge in [-0.1, -0.05) is 23.8 Å². The summed E-state index contributed by atoms with van der Waals surface area (Å²) in [7, 11) is 0. The van der Waals surface area contributed by atoms with Crippen molar-refractivity contribution in [1.82, 2.24) is 23.7 Å². The van der Waals surface area contributed by atoms with E-state index >= 15 is 0 Å². The number of benzene rings is 1. The molecule has 1 aromatic carbocycles. The third-order valence-electron chi connectivity index (χ3n) is 5.62. The fourth-order valence-electron chi connectivity index (χ4n) is 4.05. The molecule has 172 valence electrons. The van der Waals surface area contributed by atoms with E-state index in [-0.39, 0.29) is 34.5 Å². The van der Waals surface area contributed by atoms with Crippen LogP contribution in [0.25, 0.3) is 22.4 Å². The summed E-state index contributed by atoms with van der Waals surface area (Å²) in [5.41, 5.74) is -0.0966. The summed E-state index contributed by atoms with van der Waals surface area (Å²) in [5, 5.41) is 4.17. The highest BCUT2D eigenvalue weighted by molar-refractivity contribution is 5.84. The molecular weight excluding hydrogens is 447 g/mol. The van der Waals surface area contributed by atoms with Crippen LogP contribution in [0.3, 0.4) is 0 Å². The van der Waals surface area contributed by atoms with Gasteiger partial charge in [-0.05, 0) is 38.1 Å². The zero-order valence-electron chi connectivity index (χ0n) is 18.2. The SMILES string of the molecule is Cc1ccc(-n2nc(C)c3c(C(F)(F)F)cc(=O)n(Cc4cc(=O)n5ccccc5n4)c32)cc1. The summed E-state index contributed by atoms with van der Waals surface area (Å²) >= 11 is 0. The van der Waals surface area contributed by atoms with Crippen LogP contribution in [0.15, 0.2) is 70.4 Å². The molecule has 34 heavy (non-hydrogen) atoms. The Morgan fingerprint density at radius 3 is 2.38 bits per heavy atom. The molecule has 10 heteroatoms. The molecule has 0 fully saturated rings. The maximum atomic E-state index is 13.9. The standard InChI is InChI=1S/C24H18F3N5O2/c1-14-6-8-17(9-7-14)32-23-22(15(2)29-32)18(24(25,26)27)12-21(34)31(23)13-16-11-20(33)30-10-4-3-5-19(30)28-16/h3-12H,13H2,1-2H3. The van der Waals surface area contributed by atoms with Crippen molar-refractivity contribution in [2.75, 3.05) is 0 Å². The summed E-state index contributed by atoms with van der Waals surface area (Å²) < 4.78 is 45.5. The van der Waals surface area contributed by atoms with E-state index in [2.05, 4.69) is 10.1 Å². The lowest BCUT2D eigenvalue weighted by molar-refractivity contribution is -0.136. The number of aromatic nitrogens is 5. The third kappa shape index (κ3) is 3.57. The quantitative estimate of drug-likeness (QED) is 0.405. The van der Waals surface area contributed by atoms with Crippen molar-refractivity contribution in [2.24, 2.45) is 0 Å². The Morgan fingerprint density at radius 2 is 1.68 bits per heavy atom. The number of alkyl halides is 3. The van der Waals surface area contributed by atoms with Gasteiger partial charge in [0, 0.05) is 18.3 Å². The minimum Gasteiger partial charge on any atom is -0.286 e. The second-order valence-electron chi connectivity index (χ2n) is 8.03. The first-order valence-electron chi connectivity index (χ1n) is 10.4. The second-order valence-corrected chi connectivity index (χ2v) is 8.03. The number of pyridine rings is 2. The highest BCUT2D eigenvalue weighted by Crippen LogP contribution is 2.36. The Bertz CT molecular complexity index is 1680. The van der Waals surface area contributed by atoms with Crippen molar-refractivity contribution in [3.05, 3.63) is 104 Å². The number of nitrogens with zero attached hydrogens (tertiary/aromatic N) is 5. The van der Waals surface area contributed by atoms with Gasteiger partial charge in [-0.15, -0.1) is 0 Å². The Hall–Kier alpha value is -4.21. The van der Waals surface area contributed by atoms with E-state index in [0.717, 1.165) is 5.56 Å². The summed E-state index contributed by atoms with van der Waals surface area (Å²) in [6.45, 7) is 3.15. The number of aryl methyl sites for hydroxylation is 2. The number of halogens is 3. The number of hydrogen-bond acceptors (Lipinski definition) is 4. The van der Waals surface area contributed by atoms with Gasteiger partial charge < -0.3 is 0 Å². The molecule has 0 N–H and O–H groups in total. The van der Waals surface area contributed by atoms with Crippen molar-refractivity contribution in [3.8, 4) is 5.69 Å². The van der Waals surface area contributed by atoms with Crippen LogP contribution in [0.5, 0.6) is 0 Å². The smallest absolute Gasteiger partial charge is 0.286 e. The molecule has 0 aliphatic carbocycles. The second kappa shape index (κ2) is 7.68. The summed E-state index contributed by atoms with van der Waals surface area (Å²) in [6, 6.07) is 13.9. The first-order chi connectivity index (χ1) is 16.1. The van der Waals surface area contributed by atoms with Gasteiger partial charge in [0.2, 0.25) is 0 Å². The maximum Gasteiger partial charge on any atom is 0.417 e. The van der Waals surface area contributed by atoms with Gasteiger partial charge >= 0.3 is 6.18 Å². The van der Waals surface area contributed by atoms with Gasteiger partial charge in [0.25, 0.3) is 11.1 Å². The molecule has 4 aromatic heterocycles. The molecule has 0 atom stereocenters. The Morgan fingerprint density at radius 1 is 0.941 bits per heavy atom. The number of hydrogen-bond donors (Lipinski definition) is 0. The Balaban J connectivity index is 1.81. The van der Waals surface area contributed by atoms with Gasteiger partial charge in [0.15, 0.2) is 0 Å². The average molecular weight is 465 g/mol. The lowest BCUT2D eigenvalue weighted by Gasteiger charge is -2.15. The lowest BCUT2D eigenvalue weighted by atomic mass is 10.1. The fraction of sp³-hybridized carbons (Fsp3) is 0.167. The van der Waals surface area contributed by atoms with E-state index in [4.69, 9.17) is 0 Å². The molecular formula is C24H18F3N5O2. The van der Waals surface area contributed by atoms with Crippen LogP contribution in [-0.4, -0.2) is 23.7 Å². The summed E-state index contributed by atoms with van der Waals surface area (Å²) in [5.74, 6) is 0. The van der Waals surface area contributed by atoms with E-state index < -0.39 is 17.3 Å². The molecule has 0 bridgehead atoms. The molecule has 0 saturated carbocycles. The van der Waals surface area contributed by atoms with Crippen LogP contribution in [0.1, 0.15) is 22.5 Å². The monoisotopic (exact) mass is 465 g/mol. The van der Waals surface area contributed by atoms with Crippen molar-refractivity contribution in [1.29, 1.82) is 0 Å². The van der Waals surface area contributed by atoms with Crippen LogP contribution in [0.4, 0.5) is 13.2 Å². The molecule has 0 saturated heterocycles. The van der Waals surface area contributed by atoms with Gasteiger partial charge in [-0.3, -0.25) is 18.6 Å². The molecule has 0 amide bonds. The van der Waals surface area contributed by atoms with Gasteiger partial charge in [0.1, 0.15) is 11.3 Å². The normalized spacial score (nSPS) is 12.0. The van der Waals surface area contributed by atoms with E-state index in [1.165, 1.54) is 26.6 Å². The Labute approximate surface area is 190 Å². The average Bonchev–Trinajstić information content (AvgIpc) is 3.12. The first kappa shape index (κ1) is 21.6. The molecule has 0 aliphatic rings. The van der Waals surface area contributed by atoms with Gasteiger partial charge in [-0.25, -0.2) is 9.67 Å². The number of rotatable bonds is 3. The van der Waals surface area contributed by atoms with Crippen LogP contribution < -0.4 is 11.1 Å². The minimum atomic E-state index is -4.75. The van der Waals surface area contributed by atoms with Gasteiger partial charge in [-0.2, -0.15) is 18.3 Å². The van der Waals surface area contributed by atoms with Crippen LogP contribution in [0.2, 0.25) is 0 Å². The van der Waals surface area contributed by atoms with Crippen LogP contribution in [-0.2, 0) is 12.7 Å². The van der Waals surface area contributed by atoms with Crippen molar-refractivity contribution >= 4 is 16.7 Å². The molecule has 5 aromatic rings. The van der Waals surface area contributed by atoms with Gasteiger partial charge in [0.05, 0.1) is 34.6 Å². The third-order valence-corrected chi connectivity index (χ3v) is 5.62. The predicted octanol–water partition coefficient (Wildman–Crippen LogP) is 3.88. The molecule has 0 radical (unpaired) electrons. The van der Waals surface area contributed by atoms with Crippen LogP contribution in [0, 0.1) is 13.8 Å². The van der Waals surface area contributed by atoms with Crippen molar-refractivity contribution in [3.63, 3.8) is 0 Å². The molecule has 5 rings (SSSR count). The molecule has 7 nitrogen and oxygen atoms in total. The zero-order chi connectivity index (χ0) is 24.2. The highest BCUT2D eigenvalue weighted by Gasteiger charge is 2.36. The van der Waals surface area contributed by atoms with Crippen molar-refractivity contribution in [2.45, 2.75) is 26.6 Å². The summed E-state index contributed by atoms with van der Waals surface area (Å²) in [6.07, 6.45) is -3.19. The zero-order valence-corrected chi connectivity index (χ0v) is 18.2. The minimum absolute atomic E-state index is 0.0174. The maximum absolute atomic E-state index is 13.9. The number of fused-ring (bicyclic) bond motifs is 2. The fourth-order valence-corrected chi connectivity index (χ4v) is 4.05. The van der Waals surface area contributed by atoms with E-state index in [1.807, 2.05) is 6.92 Å². The summed E-state index contributed by atoms with van der Waals surface area (Å²) in [4.78, 5) is 30.0. The first-order valence-corrected chi connectivity index (χ1v) is 10.4. The molecule has 0 spiro atoms. The largest absolute Gasteiger partial charge is 0.417 e. The van der Waals surface area contributed by atoms with E-state index in [1.54, 1.807) is 48.7 Å². The predicted molar refractivity (Wildman–Crippen MR) is 120 cm³/mol. The highest BCUT2D eigenvalue weighted by atomic mass is 19.4. The van der Waals surface area contributed by atoms with E-state index in [9.17, 15) is 22.8 Å². The molecule has 0 unspecified atom stereocenters. The molecule has 0 aliphatic heterocycles. The molecule has 4 heterocycles. The van der Waals surface area contributed by atoms with Crippen molar-refractivity contribution < 1.29 is 13.2 Å². The van der Waals surface area contributed by atoms with Crippen LogP contribution >= 0.6 is 0 Å². The topological polar surface area (TPSA) is 74.2 Å².